The molecule has 0 bridgehead atoms. The molecule has 2 nitrogen and oxygen atoms in total. The molecule has 0 unspecified atom stereocenters. The Morgan fingerprint density at radius 2 is 1.60 bits per heavy atom. The Balaban J connectivity index is 2.64. The van der Waals surface area contributed by atoms with Gasteiger partial charge in [-0.2, -0.15) is 0 Å². The number of benzene rings is 2. The lowest BCUT2D eigenvalue weighted by Crippen LogP contribution is -1.73. The van der Waals surface area contributed by atoms with Crippen LogP contribution in [-0.4, -0.2) is 10.2 Å². The number of fused-ring (bicyclic) bond motifs is 3. The molecular formula is C12H8O2S. The normalized spacial score (nSPS) is 11.2. The van der Waals surface area contributed by atoms with E-state index in [-0.39, 0.29) is 10.1 Å². The summed E-state index contributed by atoms with van der Waals surface area (Å²) >= 11 is 1.01. The maximum Gasteiger partial charge on any atom is 0.183 e. The smallest absolute Gasteiger partial charge is 0.183 e. The van der Waals surface area contributed by atoms with E-state index in [9.17, 15) is 10.2 Å². The van der Waals surface area contributed by atoms with Crippen LogP contribution in [0.15, 0.2) is 36.4 Å². The van der Waals surface area contributed by atoms with Gasteiger partial charge in [0.1, 0.15) is 0 Å². The fraction of sp³-hybridized carbons (Fsp3) is 0. The van der Waals surface area contributed by atoms with E-state index in [0.717, 1.165) is 32.9 Å². The summed E-state index contributed by atoms with van der Waals surface area (Å²) in [6.45, 7) is 0. The van der Waals surface area contributed by atoms with Crippen molar-refractivity contribution in [2.24, 2.45) is 0 Å². The summed E-state index contributed by atoms with van der Waals surface area (Å²) < 4.78 is 0. The summed E-state index contributed by atoms with van der Waals surface area (Å²) in [7, 11) is 0. The van der Waals surface area contributed by atoms with Gasteiger partial charge in [0.05, 0.1) is 0 Å². The van der Waals surface area contributed by atoms with Crippen molar-refractivity contribution in [1.29, 1.82) is 0 Å². The Kier molecular flexibility index (Phi) is 1.64. The van der Waals surface area contributed by atoms with Gasteiger partial charge in [0.2, 0.25) is 0 Å². The fourth-order valence-electron chi connectivity index (χ4n) is 1.88. The van der Waals surface area contributed by atoms with Crippen molar-refractivity contribution < 1.29 is 10.2 Å². The van der Waals surface area contributed by atoms with Crippen LogP contribution >= 0.6 is 11.3 Å². The van der Waals surface area contributed by atoms with E-state index in [4.69, 9.17) is 0 Å². The lowest BCUT2D eigenvalue weighted by atomic mass is 10.1. The summed E-state index contributed by atoms with van der Waals surface area (Å²) in [5, 5.41) is 23.2. The van der Waals surface area contributed by atoms with Crippen LogP contribution in [-0.2, 0) is 0 Å². The van der Waals surface area contributed by atoms with Crippen LogP contribution in [0.4, 0.5) is 0 Å². The van der Waals surface area contributed by atoms with Gasteiger partial charge in [0.25, 0.3) is 0 Å². The first-order valence-corrected chi connectivity index (χ1v) is 5.41. The second-order valence-corrected chi connectivity index (χ2v) is 4.40. The number of thiophene rings is 1. The molecule has 1 heterocycles. The molecule has 3 rings (SSSR count). The zero-order valence-electron chi connectivity index (χ0n) is 7.77. The Morgan fingerprint density at radius 3 is 2.47 bits per heavy atom. The molecule has 0 amide bonds. The largest absolute Gasteiger partial charge is 0.499 e. The van der Waals surface area contributed by atoms with Crippen molar-refractivity contribution in [3.05, 3.63) is 36.4 Å². The van der Waals surface area contributed by atoms with E-state index in [1.165, 1.54) is 0 Å². The molecule has 0 aliphatic carbocycles. The minimum Gasteiger partial charge on any atom is -0.499 e. The highest BCUT2D eigenvalue weighted by molar-refractivity contribution is 7.17. The van der Waals surface area contributed by atoms with E-state index >= 15 is 0 Å². The zero-order chi connectivity index (χ0) is 10.4. The molecule has 0 saturated heterocycles. The first-order chi connectivity index (χ1) is 7.27. The van der Waals surface area contributed by atoms with Crippen LogP contribution in [0, 0.1) is 0 Å². The monoisotopic (exact) mass is 216 g/mol. The maximum absolute atomic E-state index is 9.75. The number of hydrogen-bond acceptors (Lipinski definition) is 3. The van der Waals surface area contributed by atoms with Crippen molar-refractivity contribution in [3.8, 4) is 10.1 Å². The summed E-state index contributed by atoms with van der Waals surface area (Å²) in [5.41, 5.74) is 0. The number of aromatic hydroxyl groups is 2. The molecule has 0 aliphatic rings. The van der Waals surface area contributed by atoms with Gasteiger partial charge in [-0.25, -0.2) is 0 Å². The molecule has 0 atom stereocenters. The third-order valence-electron chi connectivity index (χ3n) is 2.57. The second-order valence-electron chi connectivity index (χ2n) is 3.42. The van der Waals surface area contributed by atoms with Crippen LogP contribution in [0.25, 0.3) is 21.5 Å². The third-order valence-corrected chi connectivity index (χ3v) is 3.38. The molecule has 74 valence electrons. The highest BCUT2D eigenvalue weighted by Gasteiger charge is 2.11. The van der Waals surface area contributed by atoms with Gasteiger partial charge in [0, 0.05) is 10.8 Å². The van der Waals surface area contributed by atoms with Crippen LogP contribution in [0.1, 0.15) is 0 Å². The molecule has 0 aliphatic heterocycles. The first-order valence-electron chi connectivity index (χ1n) is 4.59. The van der Waals surface area contributed by atoms with Gasteiger partial charge in [-0.1, -0.05) is 41.7 Å². The fourth-order valence-corrected chi connectivity index (χ4v) is 2.66. The van der Waals surface area contributed by atoms with Gasteiger partial charge in [0.15, 0.2) is 10.1 Å². The Bertz CT molecular complexity index is 655. The molecule has 0 fully saturated rings. The van der Waals surface area contributed by atoms with E-state index in [0.29, 0.717) is 0 Å². The van der Waals surface area contributed by atoms with Crippen molar-refractivity contribution in [2.45, 2.75) is 0 Å². The average Bonchev–Trinajstić information content (AvgIpc) is 2.55. The highest BCUT2D eigenvalue weighted by Crippen LogP contribution is 2.44. The van der Waals surface area contributed by atoms with Gasteiger partial charge in [-0.05, 0) is 16.8 Å². The third kappa shape index (κ3) is 1.10. The van der Waals surface area contributed by atoms with Crippen molar-refractivity contribution >= 4 is 32.9 Å². The van der Waals surface area contributed by atoms with Crippen molar-refractivity contribution in [2.75, 3.05) is 0 Å². The van der Waals surface area contributed by atoms with Crippen molar-refractivity contribution in [1.82, 2.24) is 0 Å². The molecule has 2 aromatic carbocycles. The minimum atomic E-state index is 0.174. The minimum absolute atomic E-state index is 0.174. The number of rotatable bonds is 0. The topological polar surface area (TPSA) is 40.5 Å². The average molecular weight is 216 g/mol. The van der Waals surface area contributed by atoms with Gasteiger partial charge in [-0.3, -0.25) is 0 Å². The van der Waals surface area contributed by atoms with Crippen LogP contribution in [0.2, 0.25) is 0 Å². The Morgan fingerprint density at radius 1 is 0.800 bits per heavy atom. The Hall–Kier alpha value is -1.74. The molecule has 15 heavy (non-hydrogen) atoms. The molecule has 3 heteroatoms. The van der Waals surface area contributed by atoms with E-state index in [1.54, 1.807) is 0 Å². The lowest BCUT2D eigenvalue weighted by Gasteiger charge is -1.99. The molecule has 0 radical (unpaired) electrons. The lowest BCUT2D eigenvalue weighted by molar-refractivity contribution is 0.491. The van der Waals surface area contributed by atoms with Crippen LogP contribution in [0.3, 0.4) is 0 Å². The second kappa shape index (κ2) is 2.87. The molecule has 3 aromatic rings. The van der Waals surface area contributed by atoms with Crippen LogP contribution < -0.4 is 0 Å². The summed E-state index contributed by atoms with van der Waals surface area (Å²) in [4.78, 5) is 0. The predicted molar refractivity (Wildman–Crippen MR) is 62.7 cm³/mol. The Labute approximate surface area is 90.0 Å². The highest BCUT2D eigenvalue weighted by atomic mass is 32.1. The first kappa shape index (κ1) is 8.56. The van der Waals surface area contributed by atoms with E-state index < -0.39 is 0 Å². The molecule has 0 spiro atoms. The zero-order valence-corrected chi connectivity index (χ0v) is 8.58. The van der Waals surface area contributed by atoms with E-state index in [2.05, 4.69) is 0 Å². The SMILES string of the molecule is Oc1sc(O)c2c1ccc1ccccc12. The summed E-state index contributed by atoms with van der Waals surface area (Å²) in [5.74, 6) is 0. The molecule has 2 N–H and O–H groups in total. The maximum atomic E-state index is 9.75. The molecular weight excluding hydrogens is 208 g/mol. The van der Waals surface area contributed by atoms with E-state index in [1.807, 2.05) is 36.4 Å². The standard InChI is InChI=1S/C12H8O2S/c13-11-9-6-5-7-3-1-2-4-8(7)10(9)12(14)15-11/h1-6,13-14H. The van der Waals surface area contributed by atoms with Gasteiger partial charge in [-0.15, -0.1) is 0 Å². The van der Waals surface area contributed by atoms with Gasteiger partial charge < -0.3 is 10.2 Å². The summed E-state index contributed by atoms with van der Waals surface area (Å²) in [6, 6.07) is 11.6. The van der Waals surface area contributed by atoms with Gasteiger partial charge >= 0.3 is 0 Å². The van der Waals surface area contributed by atoms with Crippen molar-refractivity contribution in [3.63, 3.8) is 0 Å². The summed E-state index contributed by atoms with van der Waals surface area (Å²) in [6.07, 6.45) is 0. The molecule has 0 saturated carbocycles. The predicted octanol–water partition coefficient (Wildman–Crippen LogP) is 3.47. The molecule has 1 aromatic heterocycles. The quantitative estimate of drug-likeness (QED) is 0.604. The van der Waals surface area contributed by atoms with Crippen LogP contribution in [0.5, 0.6) is 10.1 Å². The number of hydrogen-bond donors (Lipinski definition) is 2.